The molecule has 0 aliphatic carbocycles. The zero-order valence-corrected chi connectivity index (χ0v) is 16.6. The summed E-state index contributed by atoms with van der Waals surface area (Å²) in [6.45, 7) is 7.84. The number of anilines is 1. The fourth-order valence-corrected chi connectivity index (χ4v) is 4.35. The Morgan fingerprint density at radius 1 is 1.04 bits per heavy atom. The van der Waals surface area contributed by atoms with E-state index in [9.17, 15) is 9.59 Å². The lowest BCUT2D eigenvalue weighted by atomic mass is 10.1. The second kappa shape index (κ2) is 7.76. The third kappa shape index (κ3) is 3.67. The number of fused-ring (bicyclic) bond motifs is 1. The Balaban J connectivity index is 1.43. The van der Waals surface area contributed by atoms with Crippen molar-refractivity contribution in [3.8, 4) is 0 Å². The van der Waals surface area contributed by atoms with Crippen LogP contribution >= 0.6 is 0 Å². The average molecular weight is 377 g/mol. The van der Waals surface area contributed by atoms with Gasteiger partial charge in [0, 0.05) is 56.9 Å². The predicted molar refractivity (Wildman–Crippen MR) is 110 cm³/mol. The van der Waals surface area contributed by atoms with E-state index in [4.69, 9.17) is 0 Å². The first-order valence-corrected chi connectivity index (χ1v) is 10.0. The first kappa shape index (κ1) is 18.7. The van der Waals surface area contributed by atoms with Crippen LogP contribution in [0.1, 0.15) is 35.3 Å². The molecule has 4 rings (SSSR count). The van der Waals surface area contributed by atoms with Crippen molar-refractivity contribution < 1.29 is 9.59 Å². The van der Waals surface area contributed by atoms with Gasteiger partial charge in [-0.25, -0.2) is 0 Å². The van der Waals surface area contributed by atoms with E-state index in [-0.39, 0.29) is 17.9 Å². The topological polar surface area (TPSA) is 43.9 Å². The molecule has 2 aromatic carbocycles. The van der Waals surface area contributed by atoms with Crippen LogP contribution in [-0.4, -0.2) is 53.8 Å². The van der Waals surface area contributed by atoms with E-state index in [2.05, 4.69) is 36.1 Å². The Morgan fingerprint density at radius 3 is 2.54 bits per heavy atom. The van der Waals surface area contributed by atoms with E-state index in [1.807, 2.05) is 29.2 Å². The molecule has 1 atom stereocenters. The average Bonchev–Trinajstić information content (AvgIpc) is 3.12. The summed E-state index contributed by atoms with van der Waals surface area (Å²) in [5.74, 6) is 0.150. The van der Waals surface area contributed by atoms with Crippen LogP contribution in [0.15, 0.2) is 48.5 Å². The summed E-state index contributed by atoms with van der Waals surface area (Å²) < 4.78 is 0. The first-order valence-electron chi connectivity index (χ1n) is 10.0. The molecule has 2 aliphatic heterocycles. The van der Waals surface area contributed by atoms with Gasteiger partial charge < -0.3 is 9.80 Å². The Kier molecular flexibility index (Phi) is 5.18. The number of benzene rings is 2. The van der Waals surface area contributed by atoms with Crippen molar-refractivity contribution in [3.63, 3.8) is 0 Å². The van der Waals surface area contributed by atoms with Gasteiger partial charge in [-0.1, -0.05) is 30.3 Å². The summed E-state index contributed by atoms with van der Waals surface area (Å²) >= 11 is 0. The van der Waals surface area contributed by atoms with Crippen molar-refractivity contribution in [3.05, 3.63) is 65.2 Å². The van der Waals surface area contributed by atoms with Crippen LogP contribution in [0.5, 0.6) is 0 Å². The third-order valence-electron chi connectivity index (χ3n) is 5.82. The van der Waals surface area contributed by atoms with Gasteiger partial charge in [-0.3, -0.25) is 14.5 Å². The monoisotopic (exact) mass is 377 g/mol. The maximum Gasteiger partial charge on any atom is 0.254 e. The van der Waals surface area contributed by atoms with Crippen LogP contribution in [0.25, 0.3) is 0 Å². The molecule has 0 aromatic heterocycles. The summed E-state index contributed by atoms with van der Waals surface area (Å²) in [5.41, 5.74) is 4.08. The van der Waals surface area contributed by atoms with Gasteiger partial charge in [0.25, 0.3) is 5.91 Å². The van der Waals surface area contributed by atoms with Crippen molar-refractivity contribution in [1.29, 1.82) is 0 Å². The molecule has 0 N–H and O–H groups in total. The number of piperazine rings is 1. The van der Waals surface area contributed by atoms with Gasteiger partial charge in [0.1, 0.15) is 0 Å². The van der Waals surface area contributed by atoms with Crippen LogP contribution in [0.3, 0.4) is 0 Å². The quantitative estimate of drug-likeness (QED) is 0.826. The maximum atomic E-state index is 13.1. The van der Waals surface area contributed by atoms with E-state index < -0.39 is 0 Å². The lowest BCUT2D eigenvalue weighted by molar-refractivity contribution is -0.116. The molecule has 5 heteroatoms. The molecule has 0 saturated carbocycles. The van der Waals surface area contributed by atoms with Gasteiger partial charge in [0.05, 0.1) is 0 Å². The maximum absolute atomic E-state index is 13.1. The Bertz CT molecular complexity index is 881. The van der Waals surface area contributed by atoms with Crippen molar-refractivity contribution in [2.75, 3.05) is 31.1 Å². The molecule has 0 spiro atoms. The highest BCUT2D eigenvalue weighted by molar-refractivity contribution is 5.98. The van der Waals surface area contributed by atoms with E-state index in [0.717, 1.165) is 49.4 Å². The fraction of sp³-hybridized carbons (Fsp3) is 0.391. The Morgan fingerprint density at radius 2 is 1.82 bits per heavy atom. The molecule has 0 bridgehead atoms. The zero-order chi connectivity index (χ0) is 19.7. The predicted octanol–water partition coefficient (Wildman–Crippen LogP) is 2.94. The molecule has 2 aromatic rings. The zero-order valence-electron chi connectivity index (χ0n) is 16.6. The van der Waals surface area contributed by atoms with Gasteiger partial charge in [-0.05, 0) is 42.7 Å². The first-order chi connectivity index (χ1) is 13.5. The fourth-order valence-electron chi connectivity index (χ4n) is 4.35. The largest absolute Gasteiger partial charge is 0.333 e. The number of carbonyl (C=O) groups excluding carboxylic acids is 2. The summed E-state index contributed by atoms with van der Waals surface area (Å²) in [6, 6.07) is 16.4. The van der Waals surface area contributed by atoms with Crippen LogP contribution in [0.2, 0.25) is 0 Å². The number of hydrogen-bond acceptors (Lipinski definition) is 3. The molecule has 28 heavy (non-hydrogen) atoms. The normalized spacial score (nSPS) is 19.6. The summed E-state index contributed by atoms with van der Waals surface area (Å²) in [7, 11) is 0. The summed E-state index contributed by atoms with van der Waals surface area (Å²) in [6.07, 6.45) is 0.816. The standard InChI is InChI=1S/C23H27N3O2/c1-17-15-24(16-19-6-4-3-5-7-19)12-13-25(17)23(28)21-8-9-22-20(14-21)10-11-26(22)18(2)27/h3-9,14,17H,10-13,15-16H2,1-2H3. The molecule has 2 aliphatic rings. The summed E-state index contributed by atoms with van der Waals surface area (Å²) in [4.78, 5) is 31.0. The number of carbonyl (C=O) groups is 2. The molecule has 2 heterocycles. The van der Waals surface area contributed by atoms with E-state index in [1.165, 1.54) is 5.56 Å². The molecule has 1 unspecified atom stereocenters. The van der Waals surface area contributed by atoms with Crippen LogP contribution < -0.4 is 4.90 Å². The highest BCUT2D eigenvalue weighted by atomic mass is 16.2. The molecular weight excluding hydrogens is 350 g/mol. The molecule has 146 valence electrons. The van der Waals surface area contributed by atoms with Crippen molar-refractivity contribution in [2.24, 2.45) is 0 Å². The minimum atomic E-state index is 0.0565. The summed E-state index contributed by atoms with van der Waals surface area (Å²) in [5, 5.41) is 0. The molecule has 5 nitrogen and oxygen atoms in total. The number of amides is 2. The Labute approximate surface area is 166 Å². The van der Waals surface area contributed by atoms with Gasteiger partial charge in [-0.2, -0.15) is 0 Å². The van der Waals surface area contributed by atoms with E-state index >= 15 is 0 Å². The van der Waals surface area contributed by atoms with Crippen molar-refractivity contribution in [2.45, 2.75) is 32.9 Å². The molecular formula is C23H27N3O2. The highest BCUT2D eigenvalue weighted by Gasteiger charge is 2.29. The lowest BCUT2D eigenvalue weighted by Crippen LogP contribution is -2.53. The second-order valence-electron chi connectivity index (χ2n) is 7.83. The number of rotatable bonds is 3. The van der Waals surface area contributed by atoms with Crippen LogP contribution in [-0.2, 0) is 17.8 Å². The van der Waals surface area contributed by atoms with E-state index in [0.29, 0.717) is 6.54 Å². The molecule has 0 radical (unpaired) electrons. The highest BCUT2D eigenvalue weighted by Crippen LogP contribution is 2.29. The second-order valence-corrected chi connectivity index (χ2v) is 7.83. The van der Waals surface area contributed by atoms with Crippen LogP contribution in [0.4, 0.5) is 5.69 Å². The molecule has 1 fully saturated rings. The number of hydrogen-bond donors (Lipinski definition) is 0. The third-order valence-corrected chi connectivity index (χ3v) is 5.82. The van der Waals surface area contributed by atoms with Gasteiger partial charge in [-0.15, -0.1) is 0 Å². The van der Waals surface area contributed by atoms with E-state index in [1.54, 1.807) is 11.8 Å². The van der Waals surface area contributed by atoms with Gasteiger partial charge in [0.15, 0.2) is 0 Å². The minimum Gasteiger partial charge on any atom is -0.333 e. The lowest BCUT2D eigenvalue weighted by Gasteiger charge is -2.40. The smallest absolute Gasteiger partial charge is 0.254 e. The van der Waals surface area contributed by atoms with Gasteiger partial charge in [0.2, 0.25) is 5.91 Å². The van der Waals surface area contributed by atoms with Gasteiger partial charge >= 0.3 is 0 Å². The molecule has 1 saturated heterocycles. The number of nitrogens with zero attached hydrogens (tertiary/aromatic N) is 3. The Hall–Kier alpha value is -2.66. The minimum absolute atomic E-state index is 0.0565. The SMILES string of the molecule is CC(=O)N1CCc2cc(C(=O)N3CCN(Cc4ccccc4)CC3C)ccc21. The molecule has 2 amide bonds. The van der Waals surface area contributed by atoms with Crippen molar-refractivity contribution >= 4 is 17.5 Å². The van der Waals surface area contributed by atoms with Crippen molar-refractivity contribution in [1.82, 2.24) is 9.80 Å². The van der Waals surface area contributed by atoms with Crippen LogP contribution in [0, 0.1) is 0 Å².